The summed E-state index contributed by atoms with van der Waals surface area (Å²) in [6.45, 7) is 0. The highest BCUT2D eigenvalue weighted by Gasteiger charge is 2.08. The van der Waals surface area contributed by atoms with Crippen molar-refractivity contribution in [1.29, 1.82) is 0 Å². The van der Waals surface area contributed by atoms with Gasteiger partial charge in [0.2, 0.25) is 17.8 Å². The first-order valence-corrected chi connectivity index (χ1v) is 6.42. The van der Waals surface area contributed by atoms with E-state index in [0.717, 1.165) is 16.5 Å². The zero-order valence-electron chi connectivity index (χ0n) is 11.8. The van der Waals surface area contributed by atoms with Gasteiger partial charge in [-0.15, -0.1) is 0 Å². The van der Waals surface area contributed by atoms with Gasteiger partial charge in [-0.3, -0.25) is 4.98 Å². The van der Waals surface area contributed by atoms with Crippen LogP contribution < -0.4 is 16.0 Å². The molecule has 0 atom stereocenters. The molecular weight excluding hydrogens is 266 g/mol. The minimum Gasteiger partial charge on any atom is -0.368 e. The third-order valence-electron chi connectivity index (χ3n) is 2.97. The SMILES string of the molecule is CN(C)c1nc(N)nc(Nc2cccc3cnccc23)n1. The van der Waals surface area contributed by atoms with Crippen LogP contribution in [-0.2, 0) is 0 Å². The summed E-state index contributed by atoms with van der Waals surface area (Å²) in [5, 5.41) is 5.27. The monoisotopic (exact) mass is 281 g/mol. The molecule has 0 aliphatic heterocycles. The van der Waals surface area contributed by atoms with Gasteiger partial charge in [0.1, 0.15) is 0 Å². The highest BCUT2D eigenvalue weighted by Crippen LogP contribution is 2.24. The van der Waals surface area contributed by atoms with E-state index in [1.165, 1.54) is 0 Å². The van der Waals surface area contributed by atoms with E-state index in [2.05, 4.69) is 25.3 Å². The second-order valence-corrected chi connectivity index (χ2v) is 4.74. The van der Waals surface area contributed by atoms with Crippen molar-refractivity contribution in [3.8, 4) is 0 Å². The van der Waals surface area contributed by atoms with Crippen molar-refractivity contribution < 1.29 is 0 Å². The summed E-state index contributed by atoms with van der Waals surface area (Å²) in [5.74, 6) is 1.10. The van der Waals surface area contributed by atoms with E-state index in [1.54, 1.807) is 11.1 Å². The number of nitrogens with zero attached hydrogens (tertiary/aromatic N) is 5. The third-order valence-corrected chi connectivity index (χ3v) is 2.97. The van der Waals surface area contributed by atoms with E-state index in [4.69, 9.17) is 5.73 Å². The molecule has 0 spiro atoms. The molecule has 0 bridgehead atoms. The first-order chi connectivity index (χ1) is 10.1. The Kier molecular flexibility index (Phi) is 3.23. The van der Waals surface area contributed by atoms with Crippen molar-refractivity contribution in [3.63, 3.8) is 0 Å². The minimum absolute atomic E-state index is 0.179. The van der Waals surface area contributed by atoms with E-state index >= 15 is 0 Å². The molecule has 0 radical (unpaired) electrons. The normalized spacial score (nSPS) is 10.6. The molecule has 0 saturated carbocycles. The van der Waals surface area contributed by atoms with Gasteiger partial charge < -0.3 is 16.0 Å². The lowest BCUT2D eigenvalue weighted by molar-refractivity contribution is 0.970. The van der Waals surface area contributed by atoms with Gasteiger partial charge in [-0.2, -0.15) is 15.0 Å². The van der Waals surface area contributed by atoms with Crippen molar-refractivity contribution in [1.82, 2.24) is 19.9 Å². The van der Waals surface area contributed by atoms with E-state index in [0.29, 0.717) is 11.9 Å². The van der Waals surface area contributed by atoms with Crippen molar-refractivity contribution >= 4 is 34.3 Å². The quantitative estimate of drug-likeness (QED) is 0.756. The molecule has 2 heterocycles. The van der Waals surface area contributed by atoms with Crippen LogP contribution in [0, 0.1) is 0 Å². The molecule has 2 aromatic heterocycles. The van der Waals surface area contributed by atoms with Crippen LogP contribution in [0.25, 0.3) is 10.8 Å². The molecule has 0 amide bonds. The maximum absolute atomic E-state index is 5.72. The number of nitrogens with one attached hydrogen (secondary N) is 1. The van der Waals surface area contributed by atoms with Gasteiger partial charge in [-0.1, -0.05) is 12.1 Å². The fraction of sp³-hybridized carbons (Fsp3) is 0.143. The van der Waals surface area contributed by atoms with Gasteiger partial charge in [0, 0.05) is 42.9 Å². The minimum atomic E-state index is 0.179. The third kappa shape index (κ3) is 2.66. The van der Waals surface area contributed by atoms with Gasteiger partial charge in [-0.25, -0.2) is 0 Å². The Balaban J connectivity index is 2.03. The molecular formula is C14H15N7. The molecule has 7 heteroatoms. The summed E-state index contributed by atoms with van der Waals surface area (Å²) < 4.78 is 0. The van der Waals surface area contributed by atoms with E-state index in [9.17, 15) is 0 Å². The lowest BCUT2D eigenvalue weighted by Crippen LogP contribution is -2.15. The molecule has 21 heavy (non-hydrogen) atoms. The topological polar surface area (TPSA) is 92.9 Å². The zero-order chi connectivity index (χ0) is 14.8. The van der Waals surface area contributed by atoms with Gasteiger partial charge >= 0.3 is 0 Å². The first-order valence-electron chi connectivity index (χ1n) is 6.42. The van der Waals surface area contributed by atoms with Crippen LogP contribution in [0.5, 0.6) is 0 Å². The molecule has 1 aromatic carbocycles. The Bertz CT molecular complexity index is 780. The summed E-state index contributed by atoms with van der Waals surface area (Å²) in [6, 6.07) is 7.84. The standard InChI is InChI=1S/C14H15N7/c1-21(2)14-19-12(15)18-13(20-14)17-11-5-3-4-9-8-16-7-6-10(9)11/h3-8H,1-2H3,(H3,15,17,18,19,20). The molecule has 0 aliphatic carbocycles. The van der Waals surface area contributed by atoms with Crippen molar-refractivity contribution in [3.05, 3.63) is 36.7 Å². The summed E-state index contributed by atoms with van der Waals surface area (Å²) >= 11 is 0. The number of nitrogen functional groups attached to an aromatic ring is 1. The number of hydrogen-bond donors (Lipinski definition) is 2. The predicted octanol–water partition coefficient (Wildman–Crippen LogP) is 1.81. The molecule has 3 aromatic rings. The predicted molar refractivity (Wildman–Crippen MR) is 83.6 cm³/mol. The van der Waals surface area contributed by atoms with Crippen LogP contribution >= 0.6 is 0 Å². The van der Waals surface area contributed by atoms with Crippen LogP contribution in [0.2, 0.25) is 0 Å². The Morgan fingerprint density at radius 1 is 1.10 bits per heavy atom. The van der Waals surface area contributed by atoms with Crippen molar-refractivity contribution in [2.24, 2.45) is 0 Å². The molecule has 0 aliphatic rings. The highest BCUT2D eigenvalue weighted by atomic mass is 15.3. The van der Waals surface area contributed by atoms with Gasteiger partial charge in [0.25, 0.3) is 0 Å². The van der Waals surface area contributed by atoms with E-state index < -0.39 is 0 Å². The van der Waals surface area contributed by atoms with E-state index in [-0.39, 0.29) is 5.95 Å². The summed E-state index contributed by atoms with van der Waals surface area (Å²) in [6.07, 6.45) is 3.56. The van der Waals surface area contributed by atoms with E-state index in [1.807, 2.05) is 44.6 Å². The Labute approximate surface area is 121 Å². The lowest BCUT2D eigenvalue weighted by atomic mass is 10.1. The average Bonchev–Trinajstić information content (AvgIpc) is 2.47. The smallest absolute Gasteiger partial charge is 0.233 e. The summed E-state index contributed by atoms with van der Waals surface area (Å²) in [4.78, 5) is 18.4. The van der Waals surface area contributed by atoms with Gasteiger partial charge in [0.05, 0.1) is 0 Å². The fourth-order valence-corrected chi connectivity index (χ4v) is 1.99. The zero-order valence-corrected chi connectivity index (χ0v) is 11.8. The van der Waals surface area contributed by atoms with Crippen LogP contribution in [0.1, 0.15) is 0 Å². The first kappa shape index (κ1) is 13.0. The number of nitrogens with two attached hydrogens (primary N) is 1. The van der Waals surface area contributed by atoms with Crippen LogP contribution in [0.4, 0.5) is 23.5 Å². The number of hydrogen-bond acceptors (Lipinski definition) is 7. The number of rotatable bonds is 3. The van der Waals surface area contributed by atoms with Crippen molar-refractivity contribution in [2.45, 2.75) is 0 Å². The van der Waals surface area contributed by atoms with Gasteiger partial charge in [-0.05, 0) is 12.1 Å². The molecule has 0 fully saturated rings. The van der Waals surface area contributed by atoms with Gasteiger partial charge in [0.15, 0.2) is 0 Å². The van der Waals surface area contributed by atoms with Crippen LogP contribution in [0.15, 0.2) is 36.7 Å². The number of aromatic nitrogens is 4. The Hall–Kier alpha value is -2.96. The molecule has 0 saturated heterocycles. The number of fused-ring (bicyclic) bond motifs is 1. The molecule has 7 nitrogen and oxygen atoms in total. The summed E-state index contributed by atoms with van der Waals surface area (Å²) in [7, 11) is 3.70. The number of pyridine rings is 1. The highest BCUT2D eigenvalue weighted by molar-refractivity contribution is 5.94. The molecule has 106 valence electrons. The van der Waals surface area contributed by atoms with Crippen LogP contribution in [0.3, 0.4) is 0 Å². The second kappa shape index (κ2) is 5.20. The largest absolute Gasteiger partial charge is 0.368 e. The fourth-order valence-electron chi connectivity index (χ4n) is 1.99. The number of anilines is 4. The molecule has 0 unspecified atom stereocenters. The Morgan fingerprint density at radius 3 is 2.76 bits per heavy atom. The molecule has 3 rings (SSSR count). The lowest BCUT2D eigenvalue weighted by Gasteiger charge is -2.13. The maximum atomic E-state index is 5.72. The average molecular weight is 281 g/mol. The maximum Gasteiger partial charge on any atom is 0.233 e. The molecule has 3 N–H and O–H groups in total. The number of benzene rings is 1. The Morgan fingerprint density at radius 2 is 1.95 bits per heavy atom. The van der Waals surface area contributed by atoms with Crippen molar-refractivity contribution in [2.75, 3.05) is 30.0 Å². The second-order valence-electron chi connectivity index (χ2n) is 4.74. The summed E-state index contributed by atoms with van der Waals surface area (Å²) in [5.41, 5.74) is 6.62. The van der Waals surface area contributed by atoms with Crippen LogP contribution in [-0.4, -0.2) is 34.0 Å².